The van der Waals surface area contributed by atoms with Crippen LogP contribution in [-0.2, 0) is 12.8 Å². The maximum absolute atomic E-state index is 12.7. The average molecular weight is 355 g/mol. The fourth-order valence-electron chi connectivity index (χ4n) is 3.50. The van der Waals surface area contributed by atoms with E-state index in [2.05, 4.69) is 16.7 Å². The van der Waals surface area contributed by atoms with Crippen LogP contribution < -0.4 is 10.6 Å². The summed E-state index contributed by atoms with van der Waals surface area (Å²) in [6.07, 6.45) is 3.31. The van der Waals surface area contributed by atoms with Gasteiger partial charge in [0, 0.05) is 31.7 Å². The third kappa shape index (κ3) is 3.32. The normalized spacial score (nSPS) is 16.6. The van der Waals surface area contributed by atoms with Crippen molar-refractivity contribution in [3.63, 3.8) is 0 Å². The van der Waals surface area contributed by atoms with Gasteiger partial charge in [-0.05, 0) is 54.0 Å². The molecule has 0 bridgehead atoms. The third-order valence-corrected chi connectivity index (χ3v) is 5.72. The first-order valence-corrected chi connectivity index (χ1v) is 9.61. The number of amides is 2. The Balaban J connectivity index is 1.50. The van der Waals surface area contributed by atoms with Crippen LogP contribution in [0.15, 0.2) is 29.6 Å². The molecule has 1 aromatic heterocycles. The summed E-state index contributed by atoms with van der Waals surface area (Å²) in [4.78, 5) is 27.2. The lowest BCUT2D eigenvalue weighted by Gasteiger charge is -2.27. The van der Waals surface area contributed by atoms with E-state index in [1.165, 1.54) is 22.5 Å². The van der Waals surface area contributed by atoms with Gasteiger partial charge in [-0.3, -0.25) is 9.59 Å². The zero-order valence-corrected chi connectivity index (χ0v) is 14.8. The zero-order chi connectivity index (χ0) is 17.2. The number of hydrogen-bond donors (Lipinski definition) is 2. The second-order valence-electron chi connectivity index (χ2n) is 6.50. The van der Waals surface area contributed by atoms with Gasteiger partial charge in [-0.2, -0.15) is 0 Å². The van der Waals surface area contributed by atoms with Gasteiger partial charge in [-0.15, -0.1) is 11.3 Å². The Hall–Kier alpha value is -2.18. The van der Waals surface area contributed by atoms with Gasteiger partial charge in [0.05, 0.1) is 5.56 Å². The third-order valence-electron chi connectivity index (χ3n) is 4.89. The Labute approximate surface area is 151 Å². The molecule has 6 heteroatoms. The lowest BCUT2D eigenvalue weighted by molar-refractivity contribution is 0.0737. The van der Waals surface area contributed by atoms with Crippen LogP contribution in [0.5, 0.6) is 0 Å². The molecule has 0 atom stereocenters. The molecule has 1 aromatic carbocycles. The number of anilines is 1. The maximum atomic E-state index is 12.7. The molecule has 1 aliphatic heterocycles. The number of aryl methyl sites for hydroxylation is 2. The highest BCUT2D eigenvalue weighted by Crippen LogP contribution is 2.27. The number of benzene rings is 1. The molecular weight excluding hydrogens is 334 g/mol. The Morgan fingerprint density at radius 2 is 1.88 bits per heavy atom. The number of thiophene rings is 1. The topological polar surface area (TPSA) is 61.4 Å². The minimum Gasteiger partial charge on any atom is -0.336 e. The number of carbonyl (C=O) groups is 2. The minimum absolute atomic E-state index is 0.00740. The van der Waals surface area contributed by atoms with E-state index in [0.29, 0.717) is 29.2 Å². The molecule has 0 unspecified atom stereocenters. The predicted octanol–water partition coefficient (Wildman–Crippen LogP) is 2.53. The van der Waals surface area contributed by atoms with Gasteiger partial charge >= 0.3 is 0 Å². The molecule has 5 nitrogen and oxygen atoms in total. The first-order valence-electron chi connectivity index (χ1n) is 8.73. The Bertz CT molecular complexity index is 809. The summed E-state index contributed by atoms with van der Waals surface area (Å²) in [5.74, 6) is -0.154. The van der Waals surface area contributed by atoms with Crippen molar-refractivity contribution in [1.29, 1.82) is 0 Å². The van der Waals surface area contributed by atoms with Crippen LogP contribution in [0.1, 0.15) is 38.3 Å². The van der Waals surface area contributed by atoms with Crippen LogP contribution in [0.3, 0.4) is 0 Å². The van der Waals surface area contributed by atoms with E-state index in [-0.39, 0.29) is 11.8 Å². The quantitative estimate of drug-likeness (QED) is 0.889. The van der Waals surface area contributed by atoms with Gasteiger partial charge in [0.15, 0.2) is 0 Å². The number of carbonyl (C=O) groups excluding carboxylic acids is 2. The van der Waals surface area contributed by atoms with E-state index in [9.17, 15) is 9.59 Å². The van der Waals surface area contributed by atoms with Crippen molar-refractivity contribution >= 4 is 28.2 Å². The molecule has 0 radical (unpaired) electrons. The molecule has 2 heterocycles. The number of piperazine rings is 1. The Kier molecular flexibility index (Phi) is 4.55. The van der Waals surface area contributed by atoms with Crippen molar-refractivity contribution in [3.05, 3.63) is 51.9 Å². The van der Waals surface area contributed by atoms with E-state index in [0.717, 1.165) is 32.4 Å². The summed E-state index contributed by atoms with van der Waals surface area (Å²) in [6, 6.07) is 7.72. The molecular formula is C19H21N3O2S. The first-order chi connectivity index (χ1) is 12.2. The maximum Gasteiger partial charge on any atom is 0.256 e. The summed E-state index contributed by atoms with van der Waals surface area (Å²) >= 11 is 1.40. The van der Waals surface area contributed by atoms with E-state index < -0.39 is 0 Å². The van der Waals surface area contributed by atoms with Crippen LogP contribution in [0.25, 0.3) is 0 Å². The molecule has 1 saturated heterocycles. The summed E-state index contributed by atoms with van der Waals surface area (Å²) in [5, 5.41) is 8.67. The second-order valence-corrected chi connectivity index (χ2v) is 7.41. The van der Waals surface area contributed by atoms with Gasteiger partial charge in [0.2, 0.25) is 0 Å². The monoisotopic (exact) mass is 355 g/mol. The summed E-state index contributed by atoms with van der Waals surface area (Å²) in [5.41, 5.74) is 3.87. The van der Waals surface area contributed by atoms with Crippen LogP contribution in [0.2, 0.25) is 0 Å². The van der Waals surface area contributed by atoms with Crippen molar-refractivity contribution in [3.8, 4) is 0 Å². The van der Waals surface area contributed by atoms with Gasteiger partial charge in [0.25, 0.3) is 11.8 Å². The summed E-state index contributed by atoms with van der Waals surface area (Å²) in [6.45, 7) is 3.03. The van der Waals surface area contributed by atoms with Crippen molar-refractivity contribution in [2.24, 2.45) is 0 Å². The van der Waals surface area contributed by atoms with E-state index in [1.54, 1.807) is 6.07 Å². The SMILES string of the molecule is O=C(Nc1sccc1C(=O)N1CCNCC1)c1ccc2c(c1)CCC2. The minimum atomic E-state index is -0.147. The van der Waals surface area contributed by atoms with E-state index >= 15 is 0 Å². The van der Waals surface area contributed by atoms with Crippen molar-refractivity contribution < 1.29 is 9.59 Å². The molecule has 0 spiro atoms. The largest absolute Gasteiger partial charge is 0.336 e. The standard InChI is InChI=1S/C19H21N3O2S/c23-17(15-5-4-13-2-1-3-14(13)12-15)21-18-16(6-11-25-18)19(24)22-9-7-20-8-10-22/h4-6,11-12,20H,1-3,7-10H2,(H,21,23). The second kappa shape index (κ2) is 6.98. The highest BCUT2D eigenvalue weighted by Gasteiger charge is 2.23. The molecule has 0 saturated carbocycles. The zero-order valence-electron chi connectivity index (χ0n) is 14.0. The molecule has 2 amide bonds. The van der Waals surface area contributed by atoms with Crippen LogP contribution >= 0.6 is 11.3 Å². The molecule has 1 aliphatic carbocycles. The smallest absolute Gasteiger partial charge is 0.256 e. The molecule has 2 aromatic rings. The highest BCUT2D eigenvalue weighted by molar-refractivity contribution is 7.14. The molecule has 4 rings (SSSR count). The highest BCUT2D eigenvalue weighted by atomic mass is 32.1. The lowest BCUT2D eigenvalue weighted by atomic mass is 10.1. The number of rotatable bonds is 3. The van der Waals surface area contributed by atoms with E-state index in [4.69, 9.17) is 0 Å². The number of hydrogen-bond acceptors (Lipinski definition) is 4. The summed E-state index contributed by atoms with van der Waals surface area (Å²) < 4.78 is 0. The number of fused-ring (bicyclic) bond motifs is 1. The van der Waals surface area contributed by atoms with Crippen LogP contribution in [-0.4, -0.2) is 42.9 Å². The van der Waals surface area contributed by atoms with Gasteiger partial charge in [-0.25, -0.2) is 0 Å². The van der Waals surface area contributed by atoms with Gasteiger partial charge in [0.1, 0.15) is 5.00 Å². The van der Waals surface area contributed by atoms with Crippen molar-refractivity contribution in [2.75, 3.05) is 31.5 Å². The van der Waals surface area contributed by atoms with Crippen LogP contribution in [0, 0.1) is 0 Å². The van der Waals surface area contributed by atoms with Crippen molar-refractivity contribution in [2.45, 2.75) is 19.3 Å². The Morgan fingerprint density at radius 1 is 1.08 bits per heavy atom. The van der Waals surface area contributed by atoms with Crippen LogP contribution in [0.4, 0.5) is 5.00 Å². The Morgan fingerprint density at radius 3 is 2.72 bits per heavy atom. The molecule has 2 aliphatic rings. The van der Waals surface area contributed by atoms with Gasteiger partial charge in [-0.1, -0.05) is 6.07 Å². The number of nitrogens with one attached hydrogen (secondary N) is 2. The lowest BCUT2D eigenvalue weighted by Crippen LogP contribution is -2.46. The first kappa shape index (κ1) is 16.3. The summed E-state index contributed by atoms with van der Waals surface area (Å²) in [7, 11) is 0. The number of nitrogens with zero attached hydrogens (tertiary/aromatic N) is 1. The van der Waals surface area contributed by atoms with Gasteiger partial charge < -0.3 is 15.5 Å². The average Bonchev–Trinajstić information content (AvgIpc) is 3.30. The molecule has 1 fully saturated rings. The van der Waals surface area contributed by atoms with E-state index in [1.807, 2.05) is 22.4 Å². The van der Waals surface area contributed by atoms with Crippen molar-refractivity contribution in [1.82, 2.24) is 10.2 Å². The molecule has 25 heavy (non-hydrogen) atoms. The molecule has 130 valence electrons. The predicted molar refractivity (Wildman–Crippen MR) is 99.5 cm³/mol. The fourth-order valence-corrected chi connectivity index (χ4v) is 4.28. The fraction of sp³-hybridized carbons (Fsp3) is 0.368. The molecule has 2 N–H and O–H groups in total.